The topological polar surface area (TPSA) is 70.6 Å². The van der Waals surface area contributed by atoms with Gasteiger partial charge in [-0.25, -0.2) is 8.42 Å². The summed E-state index contributed by atoms with van der Waals surface area (Å²) >= 11 is 6.95. The van der Waals surface area contributed by atoms with E-state index in [0.29, 0.717) is 23.0 Å². The Morgan fingerprint density at radius 1 is 1.13 bits per heavy atom. The molecule has 3 aromatic rings. The quantitative estimate of drug-likeness (QED) is 0.587. The molecule has 0 aliphatic carbocycles. The van der Waals surface area contributed by atoms with Crippen LogP contribution in [0.5, 0.6) is 0 Å². The van der Waals surface area contributed by atoms with Gasteiger partial charge in [-0.3, -0.25) is 9.78 Å². The Morgan fingerprint density at radius 2 is 1.83 bits per heavy atom. The van der Waals surface area contributed by atoms with Crippen LogP contribution >= 0.6 is 22.9 Å². The van der Waals surface area contributed by atoms with Crippen LogP contribution < -0.4 is 0 Å². The lowest BCUT2D eigenvalue weighted by atomic mass is 9.99. The smallest absolute Gasteiger partial charge is 0.254 e. The summed E-state index contributed by atoms with van der Waals surface area (Å²) in [5.74, 6) is -0.0722. The summed E-state index contributed by atoms with van der Waals surface area (Å²) in [4.78, 5) is 19.9. The minimum atomic E-state index is -3.59. The van der Waals surface area contributed by atoms with Gasteiger partial charge in [-0.1, -0.05) is 36.7 Å². The van der Waals surface area contributed by atoms with Crippen molar-refractivity contribution in [2.24, 2.45) is 0 Å². The molecular weight excluding hydrogens is 442 g/mol. The van der Waals surface area contributed by atoms with E-state index in [1.807, 2.05) is 38.1 Å². The number of para-hydroxylation sites is 1. The lowest BCUT2D eigenvalue weighted by molar-refractivity contribution is 0.0699. The molecule has 2 aromatic heterocycles. The standard InChI is InChI=1S/C21H22ClN3O3S2/c1-3-16-14(2)20(15-6-4-5-7-17(15)23-16)21(26)24-10-12-25(13-11-24)30(27,28)19-9-8-18(22)29-19/h4-9H,3,10-13H2,1-2H3. The number of hydrogen-bond donors (Lipinski definition) is 0. The van der Waals surface area contributed by atoms with Gasteiger partial charge in [-0.05, 0) is 37.1 Å². The van der Waals surface area contributed by atoms with E-state index < -0.39 is 10.0 Å². The summed E-state index contributed by atoms with van der Waals surface area (Å²) in [7, 11) is -3.59. The SMILES string of the molecule is CCc1nc2ccccc2c(C(=O)N2CCN(S(=O)(=O)c3ccc(Cl)s3)CC2)c1C. The maximum Gasteiger partial charge on any atom is 0.254 e. The largest absolute Gasteiger partial charge is 0.336 e. The molecule has 0 bridgehead atoms. The van der Waals surface area contributed by atoms with Crippen molar-refractivity contribution in [3.8, 4) is 0 Å². The highest BCUT2D eigenvalue weighted by Crippen LogP contribution is 2.29. The number of aryl methyl sites for hydroxylation is 1. The second-order valence-electron chi connectivity index (χ2n) is 7.18. The number of carbonyl (C=O) groups is 1. The summed E-state index contributed by atoms with van der Waals surface area (Å²) in [6.07, 6.45) is 0.742. The Labute approximate surface area is 185 Å². The Balaban J connectivity index is 1.59. The predicted molar refractivity (Wildman–Crippen MR) is 120 cm³/mol. The van der Waals surface area contributed by atoms with E-state index in [2.05, 4.69) is 0 Å². The van der Waals surface area contributed by atoms with Gasteiger partial charge < -0.3 is 4.90 Å². The van der Waals surface area contributed by atoms with Crippen LogP contribution in [0.25, 0.3) is 10.9 Å². The number of pyridine rings is 1. The van der Waals surface area contributed by atoms with Crippen LogP contribution in [0.3, 0.4) is 0 Å². The van der Waals surface area contributed by atoms with Crippen LogP contribution in [-0.4, -0.2) is 54.7 Å². The first-order valence-corrected chi connectivity index (χ1v) is 12.4. The lowest BCUT2D eigenvalue weighted by Crippen LogP contribution is -2.50. The molecule has 1 saturated heterocycles. The van der Waals surface area contributed by atoms with E-state index >= 15 is 0 Å². The fraction of sp³-hybridized carbons (Fsp3) is 0.333. The van der Waals surface area contributed by atoms with E-state index in [9.17, 15) is 13.2 Å². The van der Waals surface area contributed by atoms with Gasteiger partial charge in [-0.15, -0.1) is 11.3 Å². The molecule has 158 valence electrons. The molecule has 1 fully saturated rings. The highest BCUT2D eigenvalue weighted by molar-refractivity contribution is 7.91. The minimum absolute atomic E-state index is 0.0722. The molecule has 6 nitrogen and oxygen atoms in total. The van der Waals surface area contributed by atoms with Crippen molar-refractivity contribution in [3.63, 3.8) is 0 Å². The molecule has 0 spiro atoms. The number of hydrogen-bond acceptors (Lipinski definition) is 5. The number of sulfonamides is 1. The Bertz CT molecular complexity index is 1220. The number of aromatic nitrogens is 1. The summed E-state index contributed by atoms with van der Waals surface area (Å²) in [6.45, 7) is 5.16. The van der Waals surface area contributed by atoms with Crippen LogP contribution in [0.1, 0.15) is 28.5 Å². The maximum absolute atomic E-state index is 13.4. The van der Waals surface area contributed by atoms with Crippen molar-refractivity contribution < 1.29 is 13.2 Å². The molecule has 0 saturated carbocycles. The first-order valence-electron chi connectivity index (χ1n) is 9.76. The maximum atomic E-state index is 13.4. The molecule has 1 amide bonds. The molecule has 0 unspecified atom stereocenters. The molecule has 0 atom stereocenters. The molecule has 3 heterocycles. The fourth-order valence-corrected chi connectivity index (χ4v) is 6.89. The third-order valence-corrected chi connectivity index (χ3v) is 9.05. The van der Waals surface area contributed by atoms with Crippen molar-refractivity contribution in [1.29, 1.82) is 0 Å². The van der Waals surface area contributed by atoms with E-state index in [0.717, 1.165) is 39.9 Å². The highest BCUT2D eigenvalue weighted by atomic mass is 35.5. The Morgan fingerprint density at radius 3 is 2.47 bits per heavy atom. The first kappa shape index (κ1) is 21.2. The number of carbonyl (C=O) groups excluding carboxylic acids is 1. The van der Waals surface area contributed by atoms with E-state index in [1.54, 1.807) is 11.0 Å². The average molecular weight is 464 g/mol. The number of piperazine rings is 1. The van der Waals surface area contributed by atoms with Gasteiger partial charge in [0.15, 0.2) is 0 Å². The Hall–Kier alpha value is -2.00. The summed E-state index contributed by atoms with van der Waals surface area (Å²) in [5, 5.41) is 0.834. The van der Waals surface area contributed by atoms with E-state index in [4.69, 9.17) is 16.6 Å². The van der Waals surface area contributed by atoms with Gasteiger partial charge in [0.1, 0.15) is 4.21 Å². The molecule has 0 N–H and O–H groups in total. The number of benzene rings is 1. The molecule has 4 rings (SSSR count). The van der Waals surface area contributed by atoms with Gasteiger partial charge >= 0.3 is 0 Å². The van der Waals surface area contributed by atoms with Gasteiger partial charge in [0.25, 0.3) is 15.9 Å². The third kappa shape index (κ3) is 3.73. The second-order valence-corrected chi connectivity index (χ2v) is 11.1. The monoisotopic (exact) mass is 463 g/mol. The van der Waals surface area contributed by atoms with Gasteiger partial charge in [0.05, 0.1) is 15.4 Å². The number of fused-ring (bicyclic) bond motifs is 1. The zero-order valence-corrected chi connectivity index (χ0v) is 19.1. The van der Waals surface area contributed by atoms with Crippen LogP contribution in [-0.2, 0) is 16.4 Å². The number of halogens is 1. The fourth-order valence-electron chi connectivity index (χ4n) is 3.83. The van der Waals surface area contributed by atoms with Crippen LogP contribution in [0.2, 0.25) is 4.34 Å². The molecule has 1 aromatic carbocycles. The predicted octanol–water partition coefficient (Wildman–Crippen LogP) is 3.97. The van der Waals surface area contributed by atoms with Crippen molar-refractivity contribution >= 4 is 49.8 Å². The molecule has 9 heteroatoms. The van der Waals surface area contributed by atoms with Crippen molar-refractivity contribution in [2.45, 2.75) is 24.5 Å². The van der Waals surface area contributed by atoms with Crippen LogP contribution in [0.15, 0.2) is 40.6 Å². The summed E-state index contributed by atoms with van der Waals surface area (Å²) < 4.78 is 27.7. The zero-order valence-electron chi connectivity index (χ0n) is 16.8. The lowest BCUT2D eigenvalue weighted by Gasteiger charge is -2.34. The van der Waals surface area contributed by atoms with Crippen LogP contribution in [0, 0.1) is 6.92 Å². The second kappa shape index (κ2) is 8.26. The van der Waals surface area contributed by atoms with Crippen LogP contribution in [0.4, 0.5) is 0 Å². The molecular formula is C21H22ClN3O3S2. The van der Waals surface area contributed by atoms with Gasteiger partial charge in [0.2, 0.25) is 0 Å². The van der Waals surface area contributed by atoms with E-state index in [-0.39, 0.29) is 23.2 Å². The summed E-state index contributed by atoms with van der Waals surface area (Å²) in [5.41, 5.74) is 3.27. The highest BCUT2D eigenvalue weighted by Gasteiger charge is 2.32. The normalized spacial score (nSPS) is 15.6. The van der Waals surface area contributed by atoms with Crippen molar-refractivity contribution in [3.05, 3.63) is 57.6 Å². The van der Waals surface area contributed by atoms with Crippen molar-refractivity contribution in [1.82, 2.24) is 14.2 Å². The first-order chi connectivity index (χ1) is 14.3. The average Bonchev–Trinajstić information content (AvgIpc) is 3.20. The third-order valence-electron chi connectivity index (χ3n) is 5.45. The zero-order chi connectivity index (χ0) is 21.5. The molecule has 1 aliphatic rings. The molecule has 1 aliphatic heterocycles. The molecule has 0 radical (unpaired) electrons. The van der Waals surface area contributed by atoms with Crippen molar-refractivity contribution in [2.75, 3.05) is 26.2 Å². The van der Waals surface area contributed by atoms with Gasteiger partial charge in [0, 0.05) is 37.3 Å². The summed E-state index contributed by atoms with van der Waals surface area (Å²) in [6, 6.07) is 10.8. The Kier molecular flexibility index (Phi) is 5.85. The number of nitrogens with zero attached hydrogens (tertiary/aromatic N) is 3. The minimum Gasteiger partial charge on any atom is -0.336 e. The number of thiophene rings is 1. The van der Waals surface area contributed by atoms with E-state index in [1.165, 1.54) is 10.4 Å². The number of amides is 1. The molecule has 30 heavy (non-hydrogen) atoms. The van der Waals surface area contributed by atoms with Gasteiger partial charge in [-0.2, -0.15) is 4.31 Å². The number of rotatable bonds is 4.